The molecule has 1 aromatic heterocycles. The lowest BCUT2D eigenvalue weighted by Gasteiger charge is -2.10. The molecular formula is C21H16Cl2N2O4S2. The molecule has 0 aliphatic rings. The van der Waals surface area contributed by atoms with Gasteiger partial charge < -0.3 is 4.74 Å². The molecule has 160 valence electrons. The number of hydrogen-bond donors (Lipinski definition) is 1. The maximum atomic E-state index is 12.9. The van der Waals surface area contributed by atoms with Crippen LogP contribution in [0.1, 0.15) is 5.56 Å². The minimum atomic E-state index is -3.89. The summed E-state index contributed by atoms with van der Waals surface area (Å²) in [6, 6.07) is 16.4. The first-order valence-electron chi connectivity index (χ1n) is 9.01. The monoisotopic (exact) mass is 494 g/mol. The van der Waals surface area contributed by atoms with E-state index in [0.717, 1.165) is 16.9 Å². The first-order chi connectivity index (χ1) is 14.8. The normalized spacial score (nSPS) is 11.6. The number of fused-ring (bicyclic) bond motifs is 1. The number of aromatic nitrogens is 1. The zero-order chi connectivity index (χ0) is 22.2. The van der Waals surface area contributed by atoms with Crippen molar-refractivity contribution in [2.75, 3.05) is 11.8 Å². The van der Waals surface area contributed by atoms with Crippen LogP contribution in [0.2, 0.25) is 10.0 Å². The molecule has 0 aliphatic heterocycles. The molecule has 10 heteroatoms. The van der Waals surface area contributed by atoms with Gasteiger partial charge in [-0.05, 0) is 48.0 Å². The average molecular weight is 495 g/mol. The van der Waals surface area contributed by atoms with Crippen LogP contribution in [0.3, 0.4) is 0 Å². The fourth-order valence-electron chi connectivity index (χ4n) is 3.10. The fourth-order valence-corrected chi connectivity index (χ4v) is 5.64. The van der Waals surface area contributed by atoms with E-state index in [0.29, 0.717) is 33.2 Å². The molecule has 0 atom stereocenters. The second kappa shape index (κ2) is 8.55. The van der Waals surface area contributed by atoms with E-state index in [1.165, 1.54) is 25.3 Å². The Morgan fingerprint density at radius 1 is 1.03 bits per heavy atom. The first kappa shape index (κ1) is 21.7. The highest BCUT2D eigenvalue weighted by atomic mass is 35.5. The van der Waals surface area contributed by atoms with Crippen molar-refractivity contribution in [3.8, 4) is 5.75 Å². The molecule has 0 radical (unpaired) electrons. The topological polar surface area (TPSA) is 77.4 Å². The molecule has 1 N–H and O–H groups in total. The van der Waals surface area contributed by atoms with Crippen molar-refractivity contribution in [3.63, 3.8) is 0 Å². The minimum Gasteiger partial charge on any atom is -0.495 e. The molecular weight excluding hydrogens is 479 g/mol. The van der Waals surface area contributed by atoms with E-state index in [9.17, 15) is 13.2 Å². The molecule has 0 saturated heterocycles. The van der Waals surface area contributed by atoms with Crippen LogP contribution in [0.25, 0.3) is 10.2 Å². The summed E-state index contributed by atoms with van der Waals surface area (Å²) in [5.74, 6) is 0.440. The number of nitrogens with one attached hydrogen (secondary N) is 1. The molecule has 0 unspecified atom stereocenters. The molecule has 0 saturated carbocycles. The number of benzene rings is 3. The zero-order valence-corrected chi connectivity index (χ0v) is 19.3. The van der Waals surface area contributed by atoms with Crippen LogP contribution in [-0.4, -0.2) is 20.1 Å². The molecule has 0 amide bonds. The number of sulfonamides is 1. The van der Waals surface area contributed by atoms with E-state index in [4.69, 9.17) is 27.9 Å². The Bertz CT molecular complexity index is 1450. The molecule has 4 aromatic rings. The lowest BCUT2D eigenvalue weighted by Crippen LogP contribution is -2.14. The molecule has 6 nitrogen and oxygen atoms in total. The summed E-state index contributed by atoms with van der Waals surface area (Å²) in [5.41, 5.74) is 1.75. The largest absolute Gasteiger partial charge is 0.495 e. The van der Waals surface area contributed by atoms with Crippen LogP contribution in [-0.2, 0) is 16.6 Å². The van der Waals surface area contributed by atoms with Gasteiger partial charge in [0.1, 0.15) is 5.75 Å². The predicted molar refractivity (Wildman–Crippen MR) is 125 cm³/mol. The highest BCUT2D eigenvalue weighted by Gasteiger charge is 2.18. The van der Waals surface area contributed by atoms with E-state index >= 15 is 0 Å². The second-order valence-corrected chi connectivity index (χ2v) is 10.1. The number of ether oxygens (including phenoxy) is 1. The van der Waals surface area contributed by atoms with Gasteiger partial charge in [0.05, 0.1) is 39.5 Å². The number of hydrogen-bond acceptors (Lipinski definition) is 5. The number of halogens is 2. The SMILES string of the molecule is COc1ccc(NS(=O)(=O)c2ccc3c(c2)sc(=O)n3Cc2ccccc2Cl)cc1Cl. The first-order valence-corrected chi connectivity index (χ1v) is 12.1. The summed E-state index contributed by atoms with van der Waals surface area (Å²) < 4.78 is 35.4. The fraction of sp³-hybridized carbons (Fsp3) is 0.0952. The Kier molecular flexibility index (Phi) is 5.98. The maximum absolute atomic E-state index is 12.9. The van der Waals surface area contributed by atoms with Gasteiger partial charge in [0.15, 0.2) is 0 Å². The van der Waals surface area contributed by atoms with Crippen LogP contribution in [0.5, 0.6) is 5.75 Å². The van der Waals surface area contributed by atoms with Gasteiger partial charge in [-0.15, -0.1) is 0 Å². The quantitative estimate of drug-likeness (QED) is 0.398. The number of anilines is 1. The van der Waals surface area contributed by atoms with Gasteiger partial charge in [-0.3, -0.25) is 14.1 Å². The lowest BCUT2D eigenvalue weighted by atomic mass is 10.2. The van der Waals surface area contributed by atoms with Gasteiger partial charge >= 0.3 is 4.87 Å². The summed E-state index contributed by atoms with van der Waals surface area (Å²) in [6.07, 6.45) is 0. The second-order valence-electron chi connectivity index (χ2n) is 6.63. The Labute approximate surface area is 192 Å². The summed E-state index contributed by atoms with van der Waals surface area (Å²) in [6.45, 7) is 0.299. The molecule has 0 spiro atoms. The van der Waals surface area contributed by atoms with Crippen molar-refractivity contribution in [2.24, 2.45) is 0 Å². The highest BCUT2D eigenvalue weighted by molar-refractivity contribution is 7.92. The summed E-state index contributed by atoms with van der Waals surface area (Å²) in [7, 11) is -2.41. The maximum Gasteiger partial charge on any atom is 0.308 e. The van der Waals surface area contributed by atoms with Crippen LogP contribution >= 0.6 is 34.5 Å². The Balaban J connectivity index is 1.67. The van der Waals surface area contributed by atoms with Gasteiger partial charge in [0, 0.05) is 5.02 Å². The molecule has 0 aliphatic carbocycles. The van der Waals surface area contributed by atoms with Crippen LogP contribution in [0, 0.1) is 0 Å². The molecule has 31 heavy (non-hydrogen) atoms. The van der Waals surface area contributed by atoms with Gasteiger partial charge in [0.25, 0.3) is 10.0 Å². The van der Waals surface area contributed by atoms with Crippen molar-refractivity contribution in [2.45, 2.75) is 11.4 Å². The summed E-state index contributed by atoms with van der Waals surface area (Å²) in [5, 5.41) is 0.850. The average Bonchev–Trinajstić information content (AvgIpc) is 3.04. The van der Waals surface area contributed by atoms with E-state index in [1.54, 1.807) is 28.8 Å². The van der Waals surface area contributed by atoms with Crippen molar-refractivity contribution in [3.05, 3.63) is 85.9 Å². The standard InChI is InChI=1S/C21H16Cl2N2O4S2/c1-29-19-9-6-14(10-17(19)23)24-31(27,28)15-7-8-18-20(11-15)30-21(26)25(18)12-13-4-2-3-5-16(13)22/h2-11,24H,12H2,1H3. The molecule has 1 heterocycles. The molecule has 4 rings (SSSR count). The zero-order valence-electron chi connectivity index (χ0n) is 16.1. The smallest absolute Gasteiger partial charge is 0.308 e. The Morgan fingerprint density at radius 3 is 2.52 bits per heavy atom. The predicted octanol–water partition coefficient (Wildman–Crippen LogP) is 5.23. The number of nitrogens with zero attached hydrogens (tertiary/aromatic N) is 1. The number of methoxy groups -OCH3 is 1. The molecule has 3 aromatic carbocycles. The summed E-state index contributed by atoms with van der Waals surface area (Å²) >= 11 is 13.3. The van der Waals surface area contributed by atoms with Gasteiger partial charge in [0.2, 0.25) is 0 Å². The van der Waals surface area contributed by atoms with Crippen molar-refractivity contribution in [1.82, 2.24) is 4.57 Å². The van der Waals surface area contributed by atoms with E-state index in [-0.39, 0.29) is 14.8 Å². The van der Waals surface area contributed by atoms with E-state index in [2.05, 4.69) is 4.72 Å². The molecule has 0 bridgehead atoms. The van der Waals surface area contributed by atoms with Crippen LogP contribution in [0.15, 0.2) is 70.4 Å². The lowest BCUT2D eigenvalue weighted by molar-refractivity contribution is 0.415. The minimum absolute atomic E-state index is 0.0399. The number of thiazole rings is 1. The van der Waals surface area contributed by atoms with Gasteiger partial charge in [-0.25, -0.2) is 8.42 Å². The third kappa shape index (κ3) is 4.43. The van der Waals surface area contributed by atoms with Crippen LogP contribution < -0.4 is 14.3 Å². The highest BCUT2D eigenvalue weighted by Crippen LogP contribution is 2.29. The van der Waals surface area contributed by atoms with Crippen molar-refractivity contribution in [1.29, 1.82) is 0 Å². The van der Waals surface area contributed by atoms with Gasteiger partial charge in [-0.1, -0.05) is 52.7 Å². The van der Waals surface area contributed by atoms with Crippen molar-refractivity contribution < 1.29 is 13.2 Å². The molecule has 0 fully saturated rings. The Morgan fingerprint density at radius 2 is 1.81 bits per heavy atom. The van der Waals surface area contributed by atoms with Crippen LogP contribution in [0.4, 0.5) is 5.69 Å². The van der Waals surface area contributed by atoms with E-state index in [1.807, 2.05) is 18.2 Å². The van der Waals surface area contributed by atoms with E-state index < -0.39 is 10.0 Å². The van der Waals surface area contributed by atoms with Gasteiger partial charge in [-0.2, -0.15) is 0 Å². The summed E-state index contributed by atoms with van der Waals surface area (Å²) in [4.78, 5) is 12.4. The van der Waals surface area contributed by atoms with Crippen molar-refractivity contribution >= 4 is 60.5 Å². The third-order valence-corrected chi connectivity index (χ3v) is 7.63. The number of rotatable bonds is 6. The third-order valence-electron chi connectivity index (χ3n) is 4.64. The Hall–Kier alpha value is -2.52.